The van der Waals surface area contributed by atoms with E-state index in [-0.39, 0.29) is 0 Å². The number of rotatable bonds is 1. The van der Waals surface area contributed by atoms with Gasteiger partial charge in [-0.15, -0.1) is 0 Å². The molecule has 1 nitrogen and oxygen atoms in total. The molecule has 2 aliphatic carbocycles. The molecule has 0 aromatic rings. The van der Waals surface area contributed by atoms with Crippen LogP contribution >= 0.6 is 0 Å². The molecule has 2 rings (SSSR count). The molecule has 0 aromatic carbocycles. The van der Waals surface area contributed by atoms with Crippen LogP contribution in [0.2, 0.25) is 0 Å². The molecule has 0 aliphatic heterocycles. The molecular weight excluding hydrogens is 184 g/mol. The molecule has 0 heterocycles. The highest BCUT2D eigenvalue weighted by Gasteiger charge is 2.53. The molecule has 0 saturated heterocycles. The lowest BCUT2D eigenvalue weighted by atomic mass is 9.99. The van der Waals surface area contributed by atoms with E-state index in [1.807, 2.05) is 7.11 Å². The van der Waals surface area contributed by atoms with Gasteiger partial charge < -0.3 is 4.74 Å². The Kier molecular flexibility index (Phi) is 4.07. The summed E-state index contributed by atoms with van der Waals surface area (Å²) in [5, 5.41) is 0. The number of methoxy groups -OCH3 is 1. The monoisotopic (exact) mass is 210 g/mol. The van der Waals surface area contributed by atoms with Gasteiger partial charge in [-0.05, 0) is 25.2 Å². The first-order valence-electron chi connectivity index (χ1n) is 6.92. The van der Waals surface area contributed by atoms with Gasteiger partial charge in [0.1, 0.15) is 0 Å². The van der Waals surface area contributed by atoms with Crippen molar-refractivity contribution in [2.45, 2.75) is 76.2 Å². The largest absolute Gasteiger partial charge is 0.378 e. The summed E-state index contributed by atoms with van der Waals surface area (Å²) in [6, 6.07) is 0. The summed E-state index contributed by atoms with van der Waals surface area (Å²) in [4.78, 5) is 0. The fraction of sp³-hybridized carbons (Fsp3) is 1.00. The first-order valence-corrected chi connectivity index (χ1v) is 6.92. The molecule has 0 spiro atoms. The molecule has 0 N–H and O–H groups in total. The fourth-order valence-electron chi connectivity index (χ4n) is 3.26. The van der Waals surface area contributed by atoms with Crippen LogP contribution in [0.1, 0.15) is 70.6 Å². The molecule has 2 fully saturated rings. The van der Waals surface area contributed by atoms with Gasteiger partial charge in [0.15, 0.2) is 0 Å². The SMILES string of the molecule is CO[C@]12CCCCCCCCCC[C@@H]1C2. The van der Waals surface area contributed by atoms with Gasteiger partial charge in [-0.1, -0.05) is 51.4 Å². The third-order valence-electron chi connectivity index (χ3n) is 4.48. The van der Waals surface area contributed by atoms with Crippen LogP contribution in [0.4, 0.5) is 0 Å². The van der Waals surface area contributed by atoms with Crippen LogP contribution in [-0.4, -0.2) is 12.7 Å². The predicted molar refractivity (Wildman–Crippen MR) is 64.0 cm³/mol. The van der Waals surface area contributed by atoms with E-state index in [0.717, 1.165) is 5.92 Å². The molecule has 0 bridgehead atoms. The average molecular weight is 210 g/mol. The van der Waals surface area contributed by atoms with Crippen molar-refractivity contribution in [1.29, 1.82) is 0 Å². The number of hydrogen-bond acceptors (Lipinski definition) is 1. The van der Waals surface area contributed by atoms with Gasteiger partial charge in [0, 0.05) is 7.11 Å². The molecule has 1 heteroatoms. The maximum Gasteiger partial charge on any atom is 0.0711 e. The minimum Gasteiger partial charge on any atom is -0.378 e. The van der Waals surface area contributed by atoms with Crippen LogP contribution < -0.4 is 0 Å². The van der Waals surface area contributed by atoms with Crippen LogP contribution in [0.3, 0.4) is 0 Å². The third kappa shape index (κ3) is 2.96. The van der Waals surface area contributed by atoms with Crippen LogP contribution in [-0.2, 0) is 4.74 Å². The molecule has 2 atom stereocenters. The molecule has 0 unspecified atom stereocenters. The summed E-state index contributed by atoms with van der Waals surface area (Å²) in [7, 11) is 1.92. The predicted octanol–water partition coefficient (Wildman–Crippen LogP) is 4.31. The highest BCUT2D eigenvalue weighted by atomic mass is 16.5. The van der Waals surface area contributed by atoms with Crippen LogP contribution in [0, 0.1) is 5.92 Å². The van der Waals surface area contributed by atoms with E-state index in [1.54, 1.807) is 0 Å². The normalized spacial score (nSPS) is 38.6. The van der Waals surface area contributed by atoms with E-state index in [1.165, 1.54) is 70.6 Å². The Labute approximate surface area is 94.6 Å². The van der Waals surface area contributed by atoms with Gasteiger partial charge in [-0.3, -0.25) is 0 Å². The number of ether oxygens (including phenoxy) is 1. The second kappa shape index (κ2) is 5.34. The lowest BCUT2D eigenvalue weighted by Crippen LogP contribution is -2.15. The van der Waals surface area contributed by atoms with E-state index >= 15 is 0 Å². The topological polar surface area (TPSA) is 9.23 Å². The Morgan fingerprint density at radius 3 is 2.13 bits per heavy atom. The first kappa shape index (κ1) is 11.4. The Balaban J connectivity index is 1.79. The second-order valence-corrected chi connectivity index (χ2v) is 5.54. The third-order valence-corrected chi connectivity index (χ3v) is 4.48. The molecule has 0 radical (unpaired) electrons. The van der Waals surface area contributed by atoms with Crippen molar-refractivity contribution in [2.75, 3.05) is 7.11 Å². The van der Waals surface area contributed by atoms with Gasteiger partial charge in [-0.2, -0.15) is 0 Å². The Hall–Kier alpha value is -0.0400. The maximum atomic E-state index is 5.76. The zero-order chi connectivity index (χ0) is 10.6. The van der Waals surface area contributed by atoms with Crippen molar-refractivity contribution in [1.82, 2.24) is 0 Å². The standard InChI is InChI=1S/C14H26O/c1-15-14-11-9-7-5-3-2-4-6-8-10-13(14)12-14/h13H,2-12H2,1H3/t13-,14+/m1/s1. The van der Waals surface area contributed by atoms with E-state index in [2.05, 4.69) is 0 Å². The van der Waals surface area contributed by atoms with E-state index in [4.69, 9.17) is 4.74 Å². The van der Waals surface area contributed by atoms with Crippen LogP contribution in [0.15, 0.2) is 0 Å². The lowest BCUT2D eigenvalue weighted by molar-refractivity contribution is 0.0537. The molecule has 88 valence electrons. The molecule has 15 heavy (non-hydrogen) atoms. The Morgan fingerprint density at radius 2 is 1.47 bits per heavy atom. The van der Waals surface area contributed by atoms with Crippen molar-refractivity contribution >= 4 is 0 Å². The van der Waals surface area contributed by atoms with Crippen molar-refractivity contribution in [3.05, 3.63) is 0 Å². The van der Waals surface area contributed by atoms with Gasteiger partial charge in [-0.25, -0.2) is 0 Å². The molecule has 0 amide bonds. The summed E-state index contributed by atoms with van der Waals surface area (Å²) >= 11 is 0. The van der Waals surface area contributed by atoms with Gasteiger partial charge >= 0.3 is 0 Å². The summed E-state index contributed by atoms with van der Waals surface area (Å²) < 4.78 is 5.76. The molecule has 2 aliphatic rings. The quantitative estimate of drug-likeness (QED) is 0.627. The fourth-order valence-corrected chi connectivity index (χ4v) is 3.26. The average Bonchev–Trinajstić information content (AvgIpc) is 2.93. The van der Waals surface area contributed by atoms with Crippen molar-refractivity contribution in [3.63, 3.8) is 0 Å². The minimum absolute atomic E-state index is 0.333. The summed E-state index contributed by atoms with van der Waals surface area (Å²) in [5.41, 5.74) is 0.333. The Morgan fingerprint density at radius 1 is 0.867 bits per heavy atom. The van der Waals surface area contributed by atoms with Gasteiger partial charge in [0.25, 0.3) is 0 Å². The minimum atomic E-state index is 0.333. The lowest BCUT2D eigenvalue weighted by Gasteiger charge is -2.16. The zero-order valence-electron chi connectivity index (χ0n) is 10.3. The highest BCUT2D eigenvalue weighted by molar-refractivity contribution is 5.04. The van der Waals surface area contributed by atoms with Crippen molar-refractivity contribution in [2.24, 2.45) is 5.92 Å². The summed E-state index contributed by atoms with van der Waals surface area (Å²) in [6.45, 7) is 0. The molecule has 0 aromatic heterocycles. The summed E-state index contributed by atoms with van der Waals surface area (Å²) in [5.74, 6) is 0.905. The molecular formula is C14H26O. The van der Waals surface area contributed by atoms with E-state index in [9.17, 15) is 0 Å². The van der Waals surface area contributed by atoms with E-state index in [0.29, 0.717) is 5.60 Å². The van der Waals surface area contributed by atoms with Crippen molar-refractivity contribution < 1.29 is 4.74 Å². The van der Waals surface area contributed by atoms with Gasteiger partial charge in [0.05, 0.1) is 5.60 Å². The smallest absolute Gasteiger partial charge is 0.0711 e. The van der Waals surface area contributed by atoms with Crippen LogP contribution in [0.5, 0.6) is 0 Å². The molecule has 2 saturated carbocycles. The Bertz CT molecular complexity index is 190. The van der Waals surface area contributed by atoms with E-state index < -0.39 is 0 Å². The zero-order valence-corrected chi connectivity index (χ0v) is 10.3. The maximum absolute atomic E-state index is 5.76. The second-order valence-electron chi connectivity index (χ2n) is 5.54. The van der Waals surface area contributed by atoms with Crippen LogP contribution in [0.25, 0.3) is 0 Å². The number of hydrogen-bond donors (Lipinski definition) is 0. The van der Waals surface area contributed by atoms with Gasteiger partial charge in [0.2, 0.25) is 0 Å². The summed E-state index contributed by atoms with van der Waals surface area (Å²) in [6.07, 6.45) is 15.7. The first-order chi connectivity index (χ1) is 7.37. The van der Waals surface area contributed by atoms with Crippen molar-refractivity contribution in [3.8, 4) is 0 Å². The highest BCUT2D eigenvalue weighted by Crippen LogP contribution is 2.52. The number of fused-ring (bicyclic) bond motifs is 1.